The summed E-state index contributed by atoms with van der Waals surface area (Å²) in [5.74, 6) is 0.696. The molecule has 1 aliphatic heterocycles. The third kappa shape index (κ3) is 1.90. The van der Waals surface area contributed by atoms with Crippen LogP contribution in [0.1, 0.15) is 17.5 Å². The van der Waals surface area contributed by atoms with Gasteiger partial charge in [-0.25, -0.2) is 4.99 Å². The van der Waals surface area contributed by atoms with Crippen molar-refractivity contribution in [3.05, 3.63) is 21.9 Å². The van der Waals surface area contributed by atoms with E-state index in [0.717, 1.165) is 19.6 Å². The zero-order valence-electron chi connectivity index (χ0n) is 8.36. The van der Waals surface area contributed by atoms with Gasteiger partial charge in [-0.1, -0.05) is 0 Å². The first-order valence-corrected chi connectivity index (χ1v) is 5.78. The molecule has 0 aliphatic carbocycles. The minimum absolute atomic E-state index is 0.696. The van der Waals surface area contributed by atoms with E-state index in [1.165, 1.54) is 17.5 Å². The molecule has 0 unspecified atom stereocenters. The molecule has 1 fully saturated rings. The second kappa shape index (κ2) is 4.00. The SMILES string of the molecule is Cc1cscc1CN=C(N)N1CCC1. The number of rotatable bonds is 2. The van der Waals surface area contributed by atoms with Crippen LogP contribution in [0.5, 0.6) is 0 Å². The van der Waals surface area contributed by atoms with Crippen LogP contribution < -0.4 is 5.73 Å². The first-order valence-electron chi connectivity index (χ1n) is 4.84. The number of hydrogen-bond donors (Lipinski definition) is 1. The molecule has 76 valence electrons. The van der Waals surface area contributed by atoms with E-state index in [1.54, 1.807) is 11.3 Å². The summed E-state index contributed by atoms with van der Waals surface area (Å²) >= 11 is 1.72. The molecule has 3 nitrogen and oxygen atoms in total. The summed E-state index contributed by atoms with van der Waals surface area (Å²) in [6.07, 6.45) is 1.24. The van der Waals surface area contributed by atoms with Crippen LogP contribution in [0.15, 0.2) is 15.8 Å². The van der Waals surface area contributed by atoms with Crippen LogP contribution in [0, 0.1) is 6.92 Å². The average molecular weight is 209 g/mol. The molecule has 0 radical (unpaired) electrons. The van der Waals surface area contributed by atoms with E-state index in [1.807, 2.05) is 0 Å². The quantitative estimate of drug-likeness (QED) is 0.593. The summed E-state index contributed by atoms with van der Waals surface area (Å²) in [5.41, 5.74) is 8.43. The molecular formula is C10H15N3S. The summed E-state index contributed by atoms with van der Waals surface area (Å²) in [7, 11) is 0. The van der Waals surface area contributed by atoms with Crippen molar-refractivity contribution in [3.8, 4) is 0 Å². The maximum Gasteiger partial charge on any atom is 0.191 e. The van der Waals surface area contributed by atoms with Crippen LogP contribution in [0.2, 0.25) is 0 Å². The monoisotopic (exact) mass is 209 g/mol. The predicted octanol–water partition coefficient (Wildman–Crippen LogP) is 1.58. The predicted molar refractivity (Wildman–Crippen MR) is 60.6 cm³/mol. The van der Waals surface area contributed by atoms with E-state index in [4.69, 9.17) is 5.73 Å². The molecule has 1 aromatic heterocycles. The highest BCUT2D eigenvalue weighted by Crippen LogP contribution is 2.15. The fourth-order valence-corrected chi connectivity index (χ4v) is 2.21. The van der Waals surface area contributed by atoms with Gasteiger partial charge in [-0.05, 0) is 35.2 Å². The molecule has 0 bridgehead atoms. The third-order valence-electron chi connectivity index (χ3n) is 2.55. The van der Waals surface area contributed by atoms with Crippen molar-refractivity contribution in [1.82, 2.24) is 4.90 Å². The van der Waals surface area contributed by atoms with Gasteiger partial charge >= 0.3 is 0 Å². The highest BCUT2D eigenvalue weighted by molar-refractivity contribution is 7.08. The molecule has 0 amide bonds. The fourth-order valence-electron chi connectivity index (χ4n) is 1.36. The van der Waals surface area contributed by atoms with Crippen molar-refractivity contribution in [2.75, 3.05) is 13.1 Å². The Labute approximate surface area is 88.3 Å². The Balaban J connectivity index is 1.95. The second-order valence-corrected chi connectivity index (χ2v) is 4.34. The first-order chi connectivity index (χ1) is 6.77. The number of aryl methyl sites for hydroxylation is 1. The molecule has 2 N–H and O–H groups in total. The van der Waals surface area contributed by atoms with Crippen molar-refractivity contribution in [2.45, 2.75) is 19.9 Å². The Kier molecular flexibility index (Phi) is 2.72. The van der Waals surface area contributed by atoms with Crippen molar-refractivity contribution in [2.24, 2.45) is 10.7 Å². The average Bonchev–Trinajstić information content (AvgIpc) is 2.44. The molecule has 2 rings (SSSR count). The van der Waals surface area contributed by atoms with Gasteiger partial charge in [0.25, 0.3) is 0 Å². The summed E-state index contributed by atoms with van der Waals surface area (Å²) < 4.78 is 0. The highest BCUT2D eigenvalue weighted by atomic mass is 32.1. The molecule has 14 heavy (non-hydrogen) atoms. The standard InChI is InChI=1S/C10H15N3S/c1-8-6-14-7-9(8)5-12-10(11)13-3-2-4-13/h6-7H,2-5H2,1H3,(H2,11,12). The number of nitrogens with two attached hydrogens (primary N) is 1. The lowest BCUT2D eigenvalue weighted by atomic mass is 10.2. The Morgan fingerprint density at radius 2 is 2.36 bits per heavy atom. The number of likely N-dealkylation sites (tertiary alicyclic amines) is 1. The van der Waals surface area contributed by atoms with E-state index < -0.39 is 0 Å². The highest BCUT2D eigenvalue weighted by Gasteiger charge is 2.15. The zero-order chi connectivity index (χ0) is 9.97. The van der Waals surface area contributed by atoms with E-state index in [-0.39, 0.29) is 0 Å². The second-order valence-electron chi connectivity index (χ2n) is 3.60. The Bertz CT molecular complexity index is 339. The van der Waals surface area contributed by atoms with Gasteiger partial charge in [0, 0.05) is 13.1 Å². The van der Waals surface area contributed by atoms with Crippen molar-refractivity contribution >= 4 is 17.3 Å². The number of aliphatic imine (C=N–C) groups is 1. The smallest absolute Gasteiger partial charge is 0.191 e. The van der Waals surface area contributed by atoms with Gasteiger partial charge in [0.15, 0.2) is 5.96 Å². The number of thiophene rings is 1. The lowest BCUT2D eigenvalue weighted by Gasteiger charge is -2.31. The summed E-state index contributed by atoms with van der Waals surface area (Å²) in [6, 6.07) is 0. The minimum Gasteiger partial charge on any atom is -0.370 e. The topological polar surface area (TPSA) is 41.6 Å². The number of guanidine groups is 1. The largest absolute Gasteiger partial charge is 0.370 e. The van der Waals surface area contributed by atoms with Gasteiger partial charge < -0.3 is 10.6 Å². The van der Waals surface area contributed by atoms with Crippen LogP contribution >= 0.6 is 11.3 Å². The molecule has 0 saturated carbocycles. The number of nitrogens with zero attached hydrogens (tertiary/aromatic N) is 2. The molecule has 0 aromatic carbocycles. The molecular weight excluding hydrogens is 194 g/mol. The van der Waals surface area contributed by atoms with Gasteiger partial charge in [-0.2, -0.15) is 11.3 Å². The first kappa shape index (κ1) is 9.52. The van der Waals surface area contributed by atoms with Crippen LogP contribution in [0.25, 0.3) is 0 Å². The van der Waals surface area contributed by atoms with Crippen LogP contribution in [-0.4, -0.2) is 23.9 Å². The van der Waals surface area contributed by atoms with Crippen LogP contribution in [0.4, 0.5) is 0 Å². The molecule has 4 heteroatoms. The molecule has 1 aromatic rings. The zero-order valence-corrected chi connectivity index (χ0v) is 9.18. The third-order valence-corrected chi connectivity index (χ3v) is 3.46. The minimum atomic E-state index is 0.696. The van der Waals surface area contributed by atoms with E-state index in [2.05, 4.69) is 27.6 Å². The summed E-state index contributed by atoms with van der Waals surface area (Å²) in [5, 5.41) is 4.28. The van der Waals surface area contributed by atoms with Gasteiger partial charge in [0.05, 0.1) is 6.54 Å². The lowest BCUT2D eigenvalue weighted by molar-refractivity contribution is 0.295. The maximum absolute atomic E-state index is 5.82. The van der Waals surface area contributed by atoms with Gasteiger partial charge in [-0.15, -0.1) is 0 Å². The van der Waals surface area contributed by atoms with Crippen molar-refractivity contribution in [1.29, 1.82) is 0 Å². The normalized spacial score (nSPS) is 16.9. The number of hydrogen-bond acceptors (Lipinski definition) is 2. The molecule has 1 aliphatic rings. The van der Waals surface area contributed by atoms with Crippen LogP contribution in [-0.2, 0) is 6.54 Å². The molecule has 2 heterocycles. The van der Waals surface area contributed by atoms with Crippen molar-refractivity contribution < 1.29 is 0 Å². The van der Waals surface area contributed by atoms with E-state index in [0.29, 0.717) is 5.96 Å². The molecule has 0 atom stereocenters. The Morgan fingerprint density at radius 1 is 1.57 bits per heavy atom. The van der Waals surface area contributed by atoms with Gasteiger partial charge in [0.2, 0.25) is 0 Å². The molecule has 1 saturated heterocycles. The Morgan fingerprint density at radius 3 is 2.86 bits per heavy atom. The Hall–Kier alpha value is -1.03. The maximum atomic E-state index is 5.82. The van der Waals surface area contributed by atoms with Crippen LogP contribution in [0.3, 0.4) is 0 Å². The fraction of sp³-hybridized carbons (Fsp3) is 0.500. The van der Waals surface area contributed by atoms with Crippen molar-refractivity contribution in [3.63, 3.8) is 0 Å². The van der Waals surface area contributed by atoms with Gasteiger partial charge in [0.1, 0.15) is 0 Å². The lowest BCUT2D eigenvalue weighted by Crippen LogP contribution is -2.46. The summed E-state index contributed by atoms with van der Waals surface area (Å²) in [6.45, 7) is 4.97. The van der Waals surface area contributed by atoms with E-state index in [9.17, 15) is 0 Å². The van der Waals surface area contributed by atoms with Gasteiger partial charge in [-0.3, -0.25) is 0 Å². The molecule has 0 spiro atoms. The van der Waals surface area contributed by atoms with E-state index >= 15 is 0 Å². The summed E-state index contributed by atoms with van der Waals surface area (Å²) in [4.78, 5) is 6.49.